The highest BCUT2D eigenvalue weighted by atomic mass is 16.6. The molecule has 0 saturated heterocycles. The van der Waals surface area contributed by atoms with Crippen LogP contribution in [0.5, 0.6) is 0 Å². The number of hydrogen-bond donors (Lipinski definition) is 0. The number of carbonyl (C=O) groups is 2. The van der Waals surface area contributed by atoms with Crippen molar-refractivity contribution < 1.29 is 19.1 Å². The minimum absolute atomic E-state index is 0.0466. The molecule has 0 fully saturated rings. The smallest absolute Gasteiger partial charge is 0.342 e. The van der Waals surface area contributed by atoms with Crippen molar-refractivity contribution in [3.63, 3.8) is 0 Å². The lowest BCUT2D eigenvalue weighted by atomic mass is 10.1. The summed E-state index contributed by atoms with van der Waals surface area (Å²) in [5, 5.41) is 0. The molecule has 1 aromatic heterocycles. The third kappa shape index (κ3) is 8.71. The van der Waals surface area contributed by atoms with E-state index < -0.39 is 28.7 Å². The Balaban J connectivity index is 3.51. The van der Waals surface area contributed by atoms with Gasteiger partial charge in [0.25, 0.3) is 0 Å². The normalized spacial score (nSPS) is 14.1. The standard InChI is InChI=1S/C21H32N2O4/c1-19(2,3)22-17(23-12-10-11-13-23)15(18(25)27-21(7,8)9)14-16(24)26-20(4,5)6/h10-14H,1-9H3. The van der Waals surface area contributed by atoms with Gasteiger partial charge >= 0.3 is 11.9 Å². The highest BCUT2D eigenvalue weighted by Crippen LogP contribution is 2.18. The summed E-state index contributed by atoms with van der Waals surface area (Å²) >= 11 is 0. The predicted molar refractivity (Wildman–Crippen MR) is 107 cm³/mol. The van der Waals surface area contributed by atoms with Crippen LogP contribution in [-0.2, 0) is 19.1 Å². The first kappa shape index (κ1) is 22.7. The van der Waals surface area contributed by atoms with Gasteiger partial charge in [0.05, 0.1) is 5.54 Å². The maximum Gasteiger partial charge on any atom is 0.342 e. The molecule has 0 aliphatic heterocycles. The lowest BCUT2D eigenvalue weighted by molar-refractivity contribution is -0.152. The van der Waals surface area contributed by atoms with Crippen molar-refractivity contribution in [3.8, 4) is 0 Å². The molecule has 6 nitrogen and oxygen atoms in total. The van der Waals surface area contributed by atoms with Gasteiger partial charge in [-0.25, -0.2) is 9.59 Å². The van der Waals surface area contributed by atoms with E-state index >= 15 is 0 Å². The Kier molecular flexibility index (Phi) is 6.81. The molecule has 0 unspecified atom stereocenters. The van der Waals surface area contributed by atoms with Gasteiger partial charge in [-0.15, -0.1) is 0 Å². The predicted octanol–water partition coefficient (Wildman–Crippen LogP) is 4.14. The lowest BCUT2D eigenvalue weighted by Crippen LogP contribution is -2.32. The average Bonchev–Trinajstić information content (AvgIpc) is 2.91. The molecule has 27 heavy (non-hydrogen) atoms. The molecule has 0 bridgehead atoms. The molecule has 6 heteroatoms. The van der Waals surface area contributed by atoms with Gasteiger partial charge in [-0.3, -0.25) is 4.99 Å². The SMILES string of the molecule is CC(C)(C)N=C(C(=CC(=O)OC(C)(C)C)C(=O)OC(C)(C)C)n1cccc1. The number of carbonyl (C=O) groups excluding carboxylic acids is 2. The fourth-order valence-electron chi connectivity index (χ4n) is 2.05. The van der Waals surface area contributed by atoms with Gasteiger partial charge in [-0.05, 0) is 74.4 Å². The maximum atomic E-state index is 12.9. The zero-order chi connectivity index (χ0) is 21.0. The number of rotatable bonds is 3. The van der Waals surface area contributed by atoms with Crippen LogP contribution in [0.2, 0.25) is 0 Å². The zero-order valence-corrected chi connectivity index (χ0v) is 17.9. The molecule has 0 spiro atoms. The molecule has 0 saturated carbocycles. The van der Waals surface area contributed by atoms with Gasteiger partial charge in [-0.2, -0.15) is 0 Å². The Bertz CT molecular complexity index is 722. The second kappa shape index (κ2) is 8.11. The van der Waals surface area contributed by atoms with Crippen LogP contribution in [0.15, 0.2) is 41.2 Å². The van der Waals surface area contributed by atoms with Crippen molar-refractivity contribution in [2.75, 3.05) is 0 Å². The summed E-state index contributed by atoms with van der Waals surface area (Å²) in [5.74, 6) is -0.935. The van der Waals surface area contributed by atoms with Crippen LogP contribution >= 0.6 is 0 Å². The molecule has 1 rings (SSSR count). The first-order valence-electron chi connectivity index (χ1n) is 8.99. The van der Waals surface area contributed by atoms with Crippen LogP contribution in [0.1, 0.15) is 62.3 Å². The van der Waals surface area contributed by atoms with Gasteiger partial charge < -0.3 is 14.0 Å². The Hall–Kier alpha value is -2.37. The summed E-state index contributed by atoms with van der Waals surface area (Å²) in [7, 11) is 0. The fraction of sp³-hybridized carbons (Fsp3) is 0.571. The molecule has 150 valence electrons. The van der Waals surface area contributed by atoms with E-state index in [2.05, 4.69) is 4.99 Å². The number of esters is 2. The second-order valence-corrected chi connectivity index (χ2v) is 9.29. The minimum Gasteiger partial charge on any atom is -0.457 e. The van der Waals surface area contributed by atoms with Crippen molar-refractivity contribution in [1.29, 1.82) is 0 Å². The Morgan fingerprint density at radius 2 is 1.33 bits per heavy atom. The summed E-state index contributed by atoms with van der Waals surface area (Å²) in [6, 6.07) is 3.64. The van der Waals surface area contributed by atoms with E-state index in [1.165, 1.54) is 0 Å². The van der Waals surface area contributed by atoms with Gasteiger partial charge in [-0.1, -0.05) is 0 Å². The van der Waals surface area contributed by atoms with Crippen LogP contribution in [0.3, 0.4) is 0 Å². The zero-order valence-electron chi connectivity index (χ0n) is 17.9. The Labute approximate surface area is 162 Å². The van der Waals surface area contributed by atoms with Crippen molar-refractivity contribution in [2.45, 2.75) is 79.1 Å². The van der Waals surface area contributed by atoms with E-state index in [4.69, 9.17) is 9.47 Å². The minimum atomic E-state index is -0.715. The Morgan fingerprint density at radius 3 is 1.74 bits per heavy atom. The molecule has 0 radical (unpaired) electrons. The van der Waals surface area contributed by atoms with E-state index in [1.807, 2.05) is 32.9 Å². The van der Waals surface area contributed by atoms with E-state index in [-0.39, 0.29) is 5.57 Å². The van der Waals surface area contributed by atoms with E-state index in [0.29, 0.717) is 5.84 Å². The summed E-state index contributed by atoms with van der Waals surface area (Å²) in [5.41, 5.74) is -1.82. The molecule has 0 aromatic carbocycles. The summed E-state index contributed by atoms with van der Waals surface area (Å²) in [4.78, 5) is 30.0. The van der Waals surface area contributed by atoms with Crippen molar-refractivity contribution >= 4 is 17.8 Å². The highest BCUT2D eigenvalue weighted by Gasteiger charge is 2.28. The number of aromatic nitrogens is 1. The fourth-order valence-corrected chi connectivity index (χ4v) is 2.05. The highest BCUT2D eigenvalue weighted by molar-refractivity contribution is 6.22. The third-order valence-electron chi connectivity index (χ3n) is 2.82. The third-order valence-corrected chi connectivity index (χ3v) is 2.82. The molecule has 0 amide bonds. The van der Waals surface area contributed by atoms with Crippen molar-refractivity contribution in [3.05, 3.63) is 36.2 Å². The summed E-state index contributed by atoms with van der Waals surface area (Å²) in [6.07, 6.45) is 4.68. The van der Waals surface area contributed by atoms with Gasteiger partial charge in [0.1, 0.15) is 22.6 Å². The molecule has 0 atom stereocenters. The van der Waals surface area contributed by atoms with Gasteiger partial charge in [0.15, 0.2) is 0 Å². The van der Waals surface area contributed by atoms with Crippen molar-refractivity contribution in [1.82, 2.24) is 4.57 Å². The quantitative estimate of drug-likeness (QED) is 0.344. The maximum absolute atomic E-state index is 12.9. The average molecular weight is 376 g/mol. The Morgan fingerprint density at radius 1 is 0.852 bits per heavy atom. The molecular formula is C21H32N2O4. The van der Waals surface area contributed by atoms with Crippen LogP contribution < -0.4 is 0 Å². The number of hydrogen-bond acceptors (Lipinski definition) is 5. The molecule has 0 N–H and O–H groups in total. The largest absolute Gasteiger partial charge is 0.457 e. The lowest BCUT2D eigenvalue weighted by Gasteiger charge is -2.23. The number of ether oxygens (including phenoxy) is 2. The van der Waals surface area contributed by atoms with E-state index in [9.17, 15) is 9.59 Å². The molecule has 0 aliphatic rings. The molecule has 1 heterocycles. The van der Waals surface area contributed by atoms with Crippen molar-refractivity contribution in [2.24, 2.45) is 4.99 Å². The monoisotopic (exact) mass is 376 g/mol. The number of aliphatic imine (C=N–C) groups is 1. The number of nitrogens with zero attached hydrogens (tertiary/aromatic N) is 2. The first-order valence-corrected chi connectivity index (χ1v) is 8.99. The summed E-state index contributed by atoms with van der Waals surface area (Å²) < 4.78 is 12.6. The van der Waals surface area contributed by atoms with Crippen LogP contribution in [-0.4, -0.2) is 39.1 Å². The van der Waals surface area contributed by atoms with Crippen LogP contribution in [0.25, 0.3) is 0 Å². The van der Waals surface area contributed by atoms with E-state index in [0.717, 1.165) is 6.08 Å². The summed E-state index contributed by atoms with van der Waals surface area (Å²) in [6.45, 7) is 16.3. The van der Waals surface area contributed by atoms with Gasteiger partial charge in [0, 0.05) is 18.5 Å². The van der Waals surface area contributed by atoms with E-state index in [1.54, 1.807) is 58.5 Å². The second-order valence-electron chi connectivity index (χ2n) is 9.29. The topological polar surface area (TPSA) is 69.9 Å². The van der Waals surface area contributed by atoms with Gasteiger partial charge in [0.2, 0.25) is 0 Å². The molecule has 0 aliphatic carbocycles. The molecule has 1 aromatic rings. The molecular weight excluding hydrogens is 344 g/mol. The van der Waals surface area contributed by atoms with Crippen LogP contribution in [0.4, 0.5) is 0 Å². The first-order chi connectivity index (χ1) is 12.1. The van der Waals surface area contributed by atoms with Crippen LogP contribution in [0, 0.1) is 0 Å².